The predicted octanol–water partition coefficient (Wildman–Crippen LogP) is 1.26. The number of hydrogen-bond acceptors (Lipinski definition) is 3. The minimum atomic E-state index is -3.44. The zero-order valence-electron chi connectivity index (χ0n) is 10.6. The van der Waals surface area contributed by atoms with Crippen molar-refractivity contribution in [3.05, 3.63) is 29.8 Å². The zero-order valence-corrected chi connectivity index (χ0v) is 11.4. The Hall–Kier alpha value is -0.910. The second-order valence-corrected chi connectivity index (χ2v) is 6.52. The third-order valence-electron chi connectivity index (χ3n) is 3.37. The molecule has 0 aromatic heterocycles. The van der Waals surface area contributed by atoms with Gasteiger partial charge in [-0.1, -0.05) is 19.1 Å². The van der Waals surface area contributed by atoms with E-state index in [1.807, 2.05) is 13.0 Å². The quantitative estimate of drug-likeness (QED) is 0.816. The van der Waals surface area contributed by atoms with Gasteiger partial charge in [0.1, 0.15) is 0 Å². The summed E-state index contributed by atoms with van der Waals surface area (Å²) in [5, 5.41) is 0. The average Bonchev–Trinajstić information content (AvgIpc) is 3.20. The van der Waals surface area contributed by atoms with Gasteiger partial charge in [-0.05, 0) is 42.9 Å². The van der Waals surface area contributed by atoms with E-state index in [4.69, 9.17) is 5.73 Å². The molecule has 1 aromatic carbocycles. The lowest BCUT2D eigenvalue weighted by Crippen LogP contribution is -2.41. The summed E-state index contributed by atoms with van der Waals surface area (Å²) in [4.78, 5) is 0.334. The van der Waals surface area contributed by atoms with Gasteiger partial charge in [0.25, 0.3) is 0 Å². The molecule has 0 radical (unpaired) electrons. The fourth-order valence-corrected chi connectivity index (χ4v) is 3.42. The molecule has 0 amide bonds. The van der Waals surface area contributed by atoms with Crippen molar-refractivity contribution in [2.75, 3.05) is 6.54 Å². The van der Waals surface area contributed by atoms with Crippen LogP contribution in [0.15, 0.2) is 29.2 Å². The molecular formula is C13H20N2O2S. The van der Waals surface area contributed by atoms with Gasteiger partial charge in [-0.3, -0.25) is 0 Å². The standard InChI is InChI=1S/C13H20N2O2S/c1-2-10-4-3-5-12(8-10)18(16,17)15-13(9-14)11-6-7-11/h3-5,8,11,13,15H,2,6-7,9,14H2,1H3. The summed E-state index contributed by atoms with van der Waals surface area (Å²) in [5.74, 6) is 0.416. The van der Waals surface area contributed by atoms with E-state index in [1.165, 1.54) is 0 Å². The Kier molecular flexibility index (Phi) is 4.04. The molecular weight excluding hydrogens is 248 g/mol. The minimum absolute atomic E-state index is 0.125. The Labute approximate surface area is 109 Å². The van der Waals surface area contributed by atoms with Crippen LogP contribution in [0.25, 0.3) is 0 Å². The van der Waals surface area contributed by atoms with E-state index >= 15 is 0 Å². The number of sulfonamides is 1. The van der Waals surface area contributed by atoms with Gasteiger partial charge in [0.15, 0.2) is 0 Å². The van der Waals surface area contributed by atoms with Gasteiger partial charge in [-0.25, -0.2) is 13.1 Å². The number of rotatable bonds is 6. The first kappa shape index (κ1) is 13.5. The van der Waals surface area contributed by atoms with Crippen molar-refractivity contribution in [3.63, 3.8) is 0 Å². The van der Waals surface area contributed by atoms with Crippen LogP contribution in [0.3, 0.4) is 0 Å². The van der Waals surface area contributed by atoms with Crippen LogP contribution in [-0.2, 0) is 16.4 Å². The van der Waals surface area contributed by atoms with Crippen LogP contribution in [0.1, 0.15) is 25.3 Å². The Morgan fingerprint density at radius 3 is 2.72 bits per heavy atom. The highest BCUT2D eigenvalue weighted by Crippen LogP contribution is 2.32. The number of hydrogen-bond donors (Lipinski definition) is 2. The van der Waals surface area contributed by atoms with Crippen LogP contribution in [0.5, 0.6) is 0 Å². The Morgan fingerprint density at radius 1 is 1.44 bits per heavy atom. The van der Waals surface area contributed by atoms with Crippen molar-refractivity contribution in [3.8, 4) is 0 Å². The molecule has 3 N–H and O–H groups in total. The van der Waals surface area contributed by atoms with Crippen LogP contribution in [0.4, 0.5) is 0 Å². The molecule has 4 nitrogen and oxygen atoms in total. The maximum absolute atomic E-state index is 12.2. The number of aryl methyl sites for hydroxylation is 1. The fraction of sp³-hybridized carbons (Fsp3) is 0.538. The highest BCUT2D eigenvalue weighted by molar-refractivity contribution is 7.89. The van der Waals surface area contributed by atoms with Gasteiger partial charge >= 0.3 is 0 Å². The lowest BCUT2D eigenvalue weighted by Gasteiger charge is -2.16. The molecule has 1 saturated carbocycles. The molecule has 1 aliphatic rings. The van der Waals surface area contributed by atoms with E-state index in [2.05, 4.69) is 4.72 Å². The third kappa shape index (κ3) is 3.10. The summed E-state index contributed by atoms with van der Waals surface area (Å²) in [6.07, 6.45) is 2.96. The molecule has 2 rings (SSSR count). The van der Waals surface area contributed by atoms with Gasteiger partial charge in [-0.2, -0.15) is 0 Å². The maximum Gasteiger partial charge on any atom is 0.240 e. The summed E-state index contributed by atoms with van der Waals surface area (Å²) in [5.41, 5.74) is 6.65. The molecule has 0 bridgehead atoms. The number of nitrogens with two attached hydrogens (primary N) is 1. The van der Waals surface area contributed by atoms with Crippen molar-refractivity contribution in [1.29, 1.82) is 0 Å². The van der Waals surface area contributed by atoms with Gasteiger partial charge in [0.2, 0.25) is 10.0 Å². The summed E-state index contributed by atoms with van der Waals surface area (Å²) in [6, 6.07) is 6.94. The zero-order chi connectivity index (χ0) is 13.2. The number of nitrogens with one attached hydrogen (secondary N) is 1. The summed E-state index contributed by atoms with van der Waals surface area (Å²) in [7, 11) is -3.44. The predicted molar refractivity (Wildman–Crippen MR) is 71.7 cm³/mol. The third-order valence-corrected chi connectivity index (χ3v) is 4.86. The van der Waals surface area contributed by atoms with Crippen molar-refractivity contribution >= 4 is 10.0 Å². The topological polar surface area (TPSA) is 72.2 Å². The maximum atomic E-state index is 12.2. The minimum Gasteiger partial charge on any atom is -0.329 e. The lowest BCUT2D eigenvalue weighted by atomic mass is 10.2. The largest absolute Gasteiger partial charge is 0.329 e. The first-order valence-corrected chi connectivity index (χ1v) is 7.86. The van der Waals surface area contributed by atoms with Crippen LogP contribution in [0.2, 0.25) is 0 Å². The molecule has 100 valence electrons. The Morgan fingerprint density at radius 2 is 2.17 bits per heavy atom. The summed E-state index contributed by atoms with van der Waals surface area (Å²) in [6.45, 7) is 2.36. The first-order valence-electron chi connectivity index (χ1n) is 6.38. The van der Waals surface area contributed by atoms with E-state index < -0.39 is 10.0 Å². The van der Waals surface area contributed by atoms with Gasteiger partial charge in [0, 0.05) is 12.6 Å². The van der Waals surface area contributed by atoms with Crippen molar-refractivity contribution in [2.24, 2.45) is 11.7 Å². The van der Waals surface area contributed by atoms with Crippen LogP contribution >= 0.6 is 0 Å². The van der Waals surface area contributed by atoms with E-state index in [0.717, 1.165) is 24.8 Å². The molecule has 1 aromatic rings. The first-order chi connectivity index (χ1) is 8.56. The summed E-state index contributed by atoms with van der Waals surface area (Å²) >= 11 is 0. The SMILES string of the molecule is CCc1cccc(S(=O)(=O)NC(CN)C2CC2)c1. The van der Waals surface area contributed by atoms with E-state index in [9.17, 15) is 8.42 Å². The fourth-order valence-electron chi connectivity index (χ4n) is 2.04. The Bertz CT molecular complexity index is 509. The smallest absolute Gasteiger partial charge is 0.240 e. The van der Waals surface area contributed by atoms with Gasteiger partial charge < -0.3 is 5.73 Å². The highest BCUT2D eigenvalue weighted by atomic mass is 32.2. The molecule has 0 spiro atoms. The van der Waals surface area contributed by atoms with E-state index in [-0.39, 0.29) is 6.04 Å². The van der Waals surface area contributed by atoms with Crippen molar-refractivity contribution in [2.45, 2.75) is 37.1 Å². The van der Waals surface area contributed by atoms with Gasteiger partial charge in [-0.15, -0.1) is 0 Å². The highest BCUT2D eigenvalue weighted by Gasteiger charge is 2.33. The van der Waals surface area contributed by atoms with Crippen molar-refractivity contribution in [1.82, 2.24) is 4.72 Å². The molecule has 0 heterocycles. The summed E-state index contributed by atoms with van der Waals surface area (Å²) < 4.78 is 27.2. The van der Waals surface area contributed by atoms with Gasteiger partial charge in [0.05, 0.1) is 4.90 Å². The molecule has 18 heavy (non-hydrogen) atoms. The molecule has 1 atom stereocenters. The van der Waals surface area contributed by atoms with Crippen LogP contribution in [-0.4, -0.2) is 21.0 Å². The molecule has 0 saturated heterocycles. The lowest BCUT2D eigenvalue weighted by molar-refractivity contribution is 0.519. The van der Waals surface area contributed by atoms with Crippen LogP contribution in [0, 0.1) is 5.92 Å². The normalized spacial score (nSPS) is 17.7. The van der Waals surface area contributed by atoms with Crippen molar-refractivity contribution < 1.29 is 8.42 Å². The molecule has 1 unspecified atom stereocenters. The second-order valence-electron chi connectivity index (χ2n) is 4.80. The number of benzene rings is 1. The molecule has 0 aliphatic heterocycles. The van der Waals surface area contributed by atoms with Crippen LogP contribution < -0.4 is 10.5 Å². The second kappa shape index (κ2) is 5.38. The van der Waals surface area contributed by atoms with E-state index in [1.54, 1.807) is 18.2 Å². The monoisotopic (exact) mass is 268 g/mol. The Balaban J connectivity index is 2.18. The molecule has 1 aliphatic carbocycles. The van der Waals surface area contributed by atoms with E-state index in [0.29, 0.717) is 17.4 Å². The average molecular weight is 268 g/mol. The molecule has 5 heteroatoms. The molecule has 1 fully saturated rings.